The van der Waals surface area contributed by atoms with Gasteiger partial charge in [-0.05, 0) is 44.5 Å². The number of aromatic hydroxyl groups is 1. The van der Waals surface area contributed by atoms with Crippen LogP contribution in [0, 0.1) is 37.5 Å². The highest BCUT2D eigenvalue weighted by Crippen LogP contribution is 2.48. The first kappa shape index (κ1) is 39.6. The molecule has 0 unspecified atom stereocenters. The second-order valence-corrected chi connectivity index (χ2v) is 15.1. The Bertz CT molecular complexity index is 2360. The number of phenols is 1. The van der Waals surface area contributed by atoms with Gasteiger partial charge >= 0.3 is 5.79 Å². The Morgan fingerprint density at radius 2 is 1.58 bits per heavy atom. The predicted octanol–water partition coefficient (Wildman–Crippen LogP) is 5.74. The largest absolute Gasteiger partial charge is 0.505 e. The average molecular weight is 757 g/mol. The van der Waals surface area contributed by atoms with E-state index >= 15 is 0 Å². The molecule has 3 heterocycles. The van der Waals surface area contributed by atoms with Crippen LogP contribution in [-0.4, -0.2) is 74.4 Å². The fourth-order valence-electron chi connectivity index (χ4n) is 7.52. The van der Waals surface area contributed by atoms with Gasteiger partial charge in [0.2, 0.25) is 0 Å². The summed E-state index contributed by atoms with van der Waals surface area (Å²) in [4.78, 5) is 47.1. The van der Waals surface area contributed by atoms with Gasteiger partial charge in [0.25, 0.3) is 11.7 Å². The highest BCUT2D eigenvalue weighted by molar-refractivity contribution is 6.26. The maximum Gasteiger partial charge on any atom is 0.312 e. The van der Waals surface area contributed by atoms with E-state index < -0.39 is 76.7 Å². The SMILES string of the molecule is CO[C@H]1/C=C/O[C@@]2(C)Oc3c(C)c(=O)c4c(O)c(c5oc6cc(C)ccc6nc5c4c3C2=O)NC(=O)/C(C)=C\C=C\[C@H](C)[C@H](O)[C@@H](C)[C@@H](O)[C@@H](C)[C@H](O)[C@@H]1C. The van der Waals surface area contributed by atoms with Gasteiger partial charge in [-0.25, -0.2) is 4.98 Å². The summed E-state index contributed by atoms with van der Waals surface area (Å²) in [6.45, 7) is 13.1. The van der Waals surface area contributed by atoms with Gasteiger partial charge in [-0.3, -0.25) is 14.4 Å². The molecule has 0 spiro atoms. The number of hydrogen-bond acceptors (Lipinski definition) is 12. The number of aromatic nitrogens is 1. The van der Waals surface area contributed by atoms with Crippen molar-refractivity contribution in [2.24, 2.45) is 23.7 Å². The standard InChI is InChI=1S/C42H48N2O11/c1-18-13-14-25-27(17-18)54-39-31(43-25)28-29-36(48)24(7)38-30(28)40(50)42(8,55-38)53-16-15-26(52-9)21(4)34(46)23(6)35(47)22(5)33(45)19(2)11-10-12-20(3)41(51)44-32(39)37(29)49/h10-17,19,21-23,26,33-35,45-47,49H,1-9H3,(H,44,51)/b11-10+,16-15+,20-12-/t19-,21+,22+,23-,26-,33-,34+,35+,42-/m0/s1. The van der Waals surface area contributed by atoms with Crippen molar-refractivity contribution in [2.75, 3.05) is 12.4 Å². The van der Waals surface area contributed by atoms with Crippen LogP contribution in [0.2, 0.25) is 0 Å². The summed E-state index contributed by atoms with van der Waals surface area (Å²) in [7, 11) is 1.45. The molecule has 13 nitrogen and oxygen atoms in total. The van der Waals surface area contributed by atoms with Crippen molar-refractivity contribution in [3.05, 3.63) is 81.3 Å². The lowest BCUT2D eigenvalue weighted by Crippen LogP contribution is -2.44. The van der Waals surface area contributed by atoms with Crippen molar-refractivity contribution in [3.63, 3.8) is 0 Å². The number of allylic oxidation sites excluding steroid dienone is 2. The number of aliphatic hydroxyl groups is 3. The van der Waals surface area contributed by atoms with Crippen molar-refractivity contribution < 1.29 is 48.6 Å². The van der Waals surface area contributed by atoms with E-state index in [0.717, 1.165) is 5.56 Å². The molecule has 292 valence electrons. The van der Waals surface area contributed by atoms with Crippen LogP contribution >= 0.6 is 0 Å². The van der Waals surface area contributed by atoms with Gasteiger partial charge in [0.05, 0.1) is 41.6 Å². The van der Waals surface area contributed by atoms with E-state index in [4.69, 9.17) is 23.6 Å². The Morgan fingerprint density at radius 1 is 0.909 bits per heavy atom. The third-order valence-electron chi connectivity index (χ3n) is 11.2. The number of nitrogens with zero attached hydrogens (tertiary/aromatic N) is 1. The van der Waals surface area contributed by atoms with Crippen molar-refractivity contribution >= 4 is 50.3 Å². The third-order valence-corrected chi connectivity index (χ3v) is 11.2. The van der Waals surface area contributed by atoms with Gasteiger partial charge in [-0.15, -0.1) is 0 Å². The topological polar surface area (TPSA) is 198 Å². The van der Waals surface area contributed by atoms with Crippen LogP contribution in [0.3, 0.4) is 0 Å². The van der Waals surface area contributed by atoms with E-state index in [9.17, 15) is 34.8 Å². The molecular formula is C42H48N2O11. The molecule has 0 saturated carbocycles. The molecule has 55 heavy (non-hydrogen) atoms. The van der Waals surface area contributed by atoms with E-state index in [2.05, 4.69) is 5.32 Å². The maximum absolute atomic E-state index is 14.5. The molecule has 3 aromatic carbocycles. The predicted molar refractivity (Wildman–Crippen MR) is 207 cm³/mol. The number of anilines is 1. The molecule has 9 atom stereocenters. The molecule has 0 radical (unpaired) electrons. The minimum absolute atomic E-state index is 0.0174. The zero-order valence-corrected chi connectivity index (χ0v) is 32.3. The summed E-state index contributed by atoms with van der Waals surface area (Å²) in [5.74, 6) is -6.37. The Hall–Kier alpha value is -5.08. The average Bonchev–Trinajstić information content (AvgIpc) is 3.42. The number of Topliss-reactive ketones (excluding diaryl/α,β-unsaturated/α-hetero) is 1. The molecule has 1 amide bonds. The first-order valence-corrected chi connectivity index (χ1v) is 18.3. The van der Waals surface area contributed by atoms with Gasteiger partial charge in [0, 0.05) is 54.2 Å². The number of fused-ring (bicyclic) bond motifs is 2. The number of methoxy groups -OCH3 is 1. The molecule has 6 rings (SSSR count). The second kappa shape index (κ2) is 14.9. The highest BCUT2D eigenvalue weighted by Gasteiger charge is 2.49. The van der Waals surface area contributed by atoms with Crippen LogP contribution < -0.4 is 15.5 Å². The van der Waals surface area contributed by atoms with Crippen LogP contribution in [-0.2, 0) is 14.3 Å². The normalized spacial score (nSPS) is 31.6. The molecule has 0 fully saturated rings. The molecule has 2 aliphatic heterocycles. The van der Waals surface area contributed by atoms with Gasteiger partial charge in [-0.1, -0.05) is 52.0 Å². The zero-order chi connectivity index (χ0) is 40.3. The van der Waals surface area contributed by atoms with Crippen LogP contribution in [0.1, 0.15) is 63.0 Å². The van der Waals surface area contributed by atoms with Crippen LogP contribution in [0.15, 0.2) is 63.6 Å². The lowest BCUT2D eigenvalue weighted by molar-refractivity contribution is -0.112. The monoisotopic (exact) mass is 756 g/mol. The molecule has 4 bridgehead atoms. The molecule has 4 aromatic rings. The smallest absolute Gasteiger partial charge is 0.312 e. The van der Waals surface area contributed by atoms with E-state index in [-0.39, 0.29) is 50.0 Å². The number of amides is 1. The molecule has 0 saturated heterocycles. The lowest BCUT2D eigenvalue weighted by atomic mass is 9.78. The molecule has 1 aromatic heterocycles. The van der Waals surface area contributed by atoms with Crippen molar-refractivity contribution in [1.82, 2.24) is 4.98 Å². The van der Waals surface area contributed by atoms with Gasteiger partial charge in [0.1, 0.15) is 22.5 Å². The summed E-state index contributed by atoms with van der Waals surface area (Å²) in [6.07, 6.45) is 3.59. The third kappa shape index (κ3) is 6.79. The number of ether oxygens (including phenoxy) is 3. The van der Waals surface area contributed by atoms with E-state index in [1.54, 1.807) is 58.9 Å². The quantitative estimate of drug-likeness (QED) is 0.0899. The summed E-state index contributed by atoms with van der Waals surface area (Å²) in [5, 5.41) is 48.1. The minimum atomic E-state index is -1.99. The Labute approximate surface area is 317 Å². The number of carbonyl (C=O) groups excluding carboxylic acids is 2. The molecule has 5 N–H and O–H groups in total. The number of ketones is 1. The summed E-state index contributed by atoms with van der Waals surface area (Å²) in [6, 6.07) is 5.27. The van der Waals surface area contributed by atoms with Crippen molar-refractivity contribution in [1.29, 1.82) is 0 Å². The summed E-state index contributed by atoms with van der Waals surface area (Å²) < 4.78 is 24.1. The molecular weight excluding hydrogens is 708 g/mol. The lowest BCUT2D eigenvalue weighted by Gasteiger charge is -2.36. The Balaban J connectivity index is 1.59. The number of aryl methyl sites for hydroxylation is 1. The first-order valence-electron chi connectivity index (χ1n) is 18.3. The molecule has 0 aliphatic carbocycles. The van der Waals surface area contributed by atoms with Crippen molar-refractivity contribution in [3.8, 4) is 11.5 Å². The minimum Gasteiger partial charge on any atom is -0.505 e. The number of nitrogens with one attached hydrogen (secondary N) is 1. The van der Waals surface area contributed by atoms with Crippen LogP contribution in [0.5, 0.6) is 11.5 Å². The highest BCUT2D eigenvalue weighted by atomic mass is 16.7. The fourth-order valence-corrected chi connectivity index (χ4v) is 7.52. The Kier molecular flexibility index (Phi) is 10.7. The van der Waals surface area contributed by atoms with Gasteiger partial charge in [-0.2, -0.15) is 0 Å². The van der Waals surface area contributed by atoms with E-state index in [0.29, 0.717) is 11.1 Å². The maximum atomic E-state index is 14.5. The van der Waals surface area contributed by atoms with Crippen LogP contribution in [0.4, 0.5) is 5.69 Å². The zero-order valence-electron chi connectivity index (χ0n) is 32.3. The molecule has 2 aliphatic rings. The second-order valence-electron chi connectivity index (χ2n) is 15.1. The summed E-state index contributed by atoms with van der Waals surface area (Å²) in [5.41, 5.74) is 0.775. The van der Waals surface area contributed by atoms with E-state index in [1.165, 1.54) is 39.4 Å². The summed E-state index contributed by atoms with van der Waals surface area (Å²) >= 11 is 0. The number of hydrogen-bond donors (Lipinski definition) is 5. The number of rotatable bonds is 1. The molecule has 13 heteroatoms. The van der Waals surface area contributed by atoms with Crippen LogP contribution in [0.25, 0.3) is 33.0 Å². The Morgan fingerprint density at radius 3 is 2.27 bits per heavy atom. The number of carbonyl (C=O) groups is 2. The first-order chi connectivity index (χ1) is 25.9. The number of aliphatic hydroxyl groups excluding tert-OH is 3. The van der Waals surface area contributed by atoms with E-state index in [1.807, 2.05) is 13.0 Å². The number of benzene rings is 3. The van der Waals surface area contributed by atoms with Crippen molar-refractivity contribution in [2.45, 2.75) is 85.6 Å². The van der Waals surface area contributed by atoms with Gasteiger partial charge in [0.15, 0.2) is 22.3 Å². The van der Waals surface area contributed by atoms with Gasteiger partial charge < -0.3 is 44.4 Å². The fraction of sp³-hybridized carbons (Fsp3) is 0.429. The number of phenolic OH excluding ortho intramolecular Hbond substituents is 1.